The van der Waals surface area contributed by atoms with Gasteiger partial charge in [0, 0.05) is 28.4 Å². The van der Waals surface area contributed by atoms with Crippen molar-refractivity contribution in [2.75, 3.05) is 86.0 Å². The van der Waals surface area contributed by atoms with Crippen LogP contribution in [0.2, 0.25) is 0 Å². The molecule has 3 heterocycles. The maximum Gasteiger partial charge on any atom is 0.411 e. The third-order valence-corrected chi connectivity index (χ3v) is 10.3. The quantitative estimate of drug-likeness (QED) is 0.0465. The van der Waals surface area contributed by atoms with Crippen molar-refractivity contribution < 1.29 is 71.4 Å². The zero-order valence-electron chi connectivity index (χ0n) is 35.3. The molecule has 3 atom stereocenters. The maximum atomic E-state index is 13.3. The number of nitrogens with one attached hydrogen (secondary N) is 5. The molecule has 3 fully saturated rings. The average Bonchev–Trinajstić information content (AvgIpc) is 4.11. The Kier molecular flexibility index (Phi) is 15.6. The molecule has 338 valence electrons. The maximum absolute atomic E-state index is 13.3. The Balaban J connectivity index is 1.09. The van der Waals surface area contributed by atoms with Crippen LogP contribution in [0.1, 0.15) is 35.6 Å². The summed E-state index contributed by atoms with van der Waals surface area (Å²) >= 11 is 0. The predicted molar refractivity (Wildman–Crippen MR) is 225 cm³/mol. The first-order valence-corrected chi connectivity index (χ1v) is 20.3. The predicted octanol–water partition coefficient (Wildman–Crippen LogP) is 6.43. The molecule has 3 saturated heterocycles. The highest BCUT2D eigenvalue weighted by Crippen LogP contribution is 2.29. The molecule has 0 bridgehead atoms. The van der Waals surface area contributed by atoms with Crippen LogP contribution in [0.15, 0.2) is 54.6 Å². The van der Waals surface area contributed by atoms with Crippen molar-refractivity contribution in [3.63, 3.8) is 0 Å². The molecule has 3 unspecified atom stereocenters. The van der Waals surface area contributed by atoms with E-state index < -0.39 is 41.9 Å². The highest BCUT2D eigenvalue weighted by atomic mass is 16.6. The number of hydrogen-bond acceptors (Lipinski definition) is 15. The van der Waals surface area contributed by atoms with Crippen LogP contribution >= 0.6 is 0 Å². The van der Waals surface area contributed by atoms with Crippen molar-refractivity contribution in [1.82, 2.24) is 0 Å². The lowest BCUT2D eigenvalue weighted by Crippen LogP contribution is -2.40. The number of rotatable bonds is 20. The Morgan fingerprint density at radius 1 is 0.508 bits per heavy atom. The average molecular weight is 878 g/mol. The number of ether oxygens (including phenoxy) is 9. The number of carbonyl (C=O) groups is 6. The SMILES string of the molecule is CCC(COC(=O)Nc1cccc(CC(=O)OCC2CO2)c1C)(COC(=O)Nc1cccc(NC(=O)OCC2CO2)c1C)COC(=O)Nc1cccc(NC(=O)OCC2CO2)c1C. The Morgan fingerprint density at radius 3 is 1.17 bits per heavy atom. The summed E-state index contributed by atoms with van der Waals surface area (Å²) in [6.07, 6.45) is -4.10. The van der Waals surface area contributed by atoms with Crippen LogP contribution in [0.4, 0.5) is 52.4 Å². The summed E-state index contributed by atoms with van der Waals surface area (Å²) in [5.74, 6) is -0.437. The van der Waals surface area contributed by atoms with Crippen LogP contribution in [0.5, 0.6) is 0 Å². The lowest BCUT2D eigenvalue weighted by molar-refractivity contribution is -0.143. The van der Waals surface area contributed by atoms with Gasteiger partial charge in [0.15, 0.2) is 0 Å². The molecule has 20 nitrogen and oxygen atoms in total. The van der Waals surface area contributed by atoms with Gasteiger partial charge in [-0.25, -0.2) is 24.0 Å². The van der Waals surface area contributed by atoms with Gasteiger partial charge < -0.3 is 42.6 Å². The molecule has 6 rings (SSSR count). The van der Waals surface area contributed by atoms with Gasteiger partial charge in [-0.1, -0.05) is 31.2 Å². The van der Waals surface area contributed by atoms with Crippen molar-refractivity contribution in [3.8, 4) is 0 Å². The van der Waals surface area contributed by atoms with E-state index in [4.69, 9.17) is 42.6 Å². The summed E-state index contributed by atoms with van der Waals surface area (Å²) in [7, 11) is 0. The summed E-state index contributed by atoms with van der Waals surface area (Å²) < 4.78 is 47.8. The van der Waals surface area contributed by atoms with Gasteiger partial charge in [0.05, 0.1) is 31.7 Å². The fraction of sp³-hybridized carbons (Fsp3) is 0.442. The van der Waals surface area contributed by atoms with Gasteiger partial charge in [0.2, 0.25) is 0 Å². The molecule has 5 amide bonds. The topological polar surface area (TPSA) is 256 Å². The fourth-order valence-corrected chi connectivity index (χ4v) is 5.86. The van der Waals surface area contributed by atoms with E-state index in [9.17, 15) is 28.8 Å². The van der Waals surface area contributed by atoms with Gasteiger partial charge in [-0.05, 0) is 79.8 Å². The summed E-state index contributed by atoms with van der Waals surface area (Å²) in [6, 6.07) is 14.8. The normalized spacial score (nSPS) is 17.7. The van der Waals surface area contributed by atoms with E-state index >= 15 is 0 Å². The van der Waals surface area contributed by atoms with E-state index in [-0.39, 0.29) is 70.8 Å². The molecule has 0 aliphatic carbocycles. The molecule has 63 heavy (non-hydrogen) atoms. The van der Waals surface area contributed by atoms with Crippen molar-refractivity contribution >= 4 is 64.9 Å². The molecule has 3 aromatic carbocycles. The molecule has 5 N–H and O–H groups in total. The smallest absolute Gasteiger partial charge is 0.411 e. The second-order valence-corrected chi connectivity index (χ2v) is 15.2. The monoisotopic (exact) mass is 877 g/mol. The Hall–Kier alpha value is -6.64. The van der Waals surface area contributed by atoms with E-state index in [1.807, 2.05) is 0 Å². The zero-order valence-corrected chi connectivity index (χ0v) is 35.3. The summed E-state index contributed by atoms with van der Waals surface area (Å²) in [5, 5.41) is 13.3. The Labute approximate surface area is 362 Å². The van der Waals surface area contributed by atoms with E-state index in [2.05, 4.69) is 26.6 Å². The van der Waals surface area contributed by atoms with Crippen LogP contribution < -0.4 is 26.6 Å². The molecular weight excluding hydrogens is 826 g/mol. The van der Waals surface area contributed by atoms with Gasteiger partial charge in [-0.2, -0.15) is 0 Å². The largest absolute Gasteiger partial charge is 0.463 e. The van der Waals surface area contributed by atoms with E-state index in [0.29, 0.717) is 70.5 Å². The molecule has 3 aliphatic heterocycles. The van der Waals surface area contributed by atoms with E-state index in [1.165, 1.54) is 0 Å². The van der Waals surface area contributed by atoms with Gasteiger partial charge in [-0.15, -0.1) is 0 Å². The van der Waals surface area contributed by atoms with Crippen LogP contribution in [-0.2, 0) is 53.8 Å². The number of anilines is 5. The standard InChI is InChI=1S/C43H51N5O15/c1-5-43(22-61-40(52)44-32-10-6-9-28(25(32)2)15-37(49)58-19-29-16-55-29,23-62-41(53)47-35-13-7-11-33(26(35)3)45-38(50)59-20-30-17-56-30)24-63-42(54)48-36-14-8-12-34(27(36)4)46-39(51)60-21-31-18-57-31/h6-14,29-31H,5,15-24H2,1-4H3,(H,44,52)(H,45,50)(H,46,51)(H,47,53)(H,48,54). The molecule has 0 aromatic heterocycles. The number of epoxide rings is 3. The highest BCUT2D eigenvalue weighted by molar-refractivity contribution is 5.92. The summed E-state index contributed by atoms with van der Waals surface area (Å²) in [4.78, 5) is 76.8. The minimum absolute atomic E-state index is 0.0208. The zero-order chi connectivity index (χ0) is 44.9. The first-order chi connectivity index (χ1) is 30.3. The minimum Gasteiger partial charge on any atom is -0.463 e. The first-order valence-electron chi connectivity index (χ1n) is 20.3. The molecule has 3 aliphatic rings. The number of hydrogen-bond donors (Lipinski definition) is 5. The van der Waals surface area contributed by atoms with Crippen molar-refractivity contribution in [1.29, 1.82) is 0 Å². The Bertz CT molecular complexity index is 1920. The number of esters is 1. The van der Waals surface area contributed by atoms with Crippen molar-refractivity contribution in [2.45, 2.75) is 58.8 Å². The number of carbonyl (C=O) groups excluding carboxylic acids is 6. The van der Waals surface area contributed by atoms with Gasteiger partial charge >= 0.3 is 36.4 Å². The molecular formula is C43H51N5O15. The lowest BCUT2D eigenvalue weighted by atomic mass is 9.88. The summed E-state index contributed by atoms with van der Waals surface area (Å²) in [5.41, 5.74) is 2.84. The molecule has 3 aromatic rings. The molecule has 0 spiro atoms. The molecule has 20 heteroatoms. The third kappa shape index (κ3) is 14.5. The van der Waals surface area contributed by atoms with Crippen molar-refractivity contribution in [2.24, 2.45) is 5.41 Å². The second-order valence-electron chi connectivity index (χ2n) is 15.2. The van der Waals surface area contributed by atoms with E-state index in [1.54, 1.807) is 82.3 Å². The minimum atomic E-state index is -1.26. The van der Waals surface area contributed by atoms with Crippen LogP contribution in [0.3, 0.4) is 0 Å². The first kappa shape index (κ1) is 45.9. The van der Waals surface area contributed by atoms with Gasteiger partial charge in [0.1, 0.15) is 58.0 Å². The summed E-state index contributed by atoms with van der Waals surface area (Å²) in [6.45, 7) is 7.75. The number of amides is 5. The second kappa shape index (κ2) is 21.4. The molecule has 0 saturated carbocycles. The van der Waals surface area contributed by atoms with Crippen LogP contribution in [0, 0.1) is 26.2 Å². The molecule has 0 radical (unpaired) electrons. The van der Waals surface area contributed by atoms with Gasteiger partial charge in [-0.3, -0.25) is 31.4 Å². The van der Waals surface area contributed by atoms with Crippen LogP contribution in [-0.4, -0.2) is 114 Å². The lowest BCUT2D eigenvalue weighted by Gasteiger charge is -2.31. The number of benzene rings is 3. The van der Waals surface area contributed by atoms with Crippen LogP contribution in [0.25, 0.3) is 0 Å². The Morgan fingerprint density at radius 2 is 0.825 bits per heavy atom. The third-order valence-electron chi connectivity index (χ3n) is 10.3. The van der Waals surface area contributed by atoms with Gasteiger partial charge in [0.25, 0.3) is 0 Å². The highest BCUT2D eigenvalue weighted by Gasteiger charge is 2.35. The fourth-order valence-electron chi connectivity index (χ4n) is 5.86. The van der Waals surface area contributed by atoms with Crippen molar-refractivity contribution in [3.05, 3.63) is 76.9 Å². The van der Waals surface area contributed by atoms with E-state index in [0.717, 1.165) is 0 Å².